The molecule has 2 fully saturated rings. The molecule has 2 saturated heterocycles. The molecule has 0 bridgehead atoms. The van der Waals surface area contributed by atoms with Crippen LogP contribution in [-0.2, 0) is 9.63 Å². The molecule has 0 aliphatic carbocycles. The Kier molecular flexibility index (Phi) is 3.28. The lowest BCUT2D eigenvalue weighted by Crippen LogP contribution is -2.56. The summed E-state index contributed by atoms with van der Waals surface area (Å²) in [4.78, 5) is 28.7. The van der Waals surface area contributed by atoms with Crippen molar-refractivity contribution in [2.45, 2.75) is 31.7 Å². The maximum atomic E-state index is 11.6. The molecular formula is C10H16N2O4. The molecule has 6 nitrogen and oxygen atoms in total. The van der Waals surface area contributed by atoms with Crippen LogP contribution in [-0.4, -0.2) is 52.8 Å². The lowest BCUT2D eigenvalue weighted by Gasteiger charge is -2.38. The van der Waals surface area contributed by atoms with E-state index in [4.69, 9.17) is 9.94 Å². The van der Waals surface area contributed by atoms with Crippen molar-refractivity contribution in [1.82, 2.24) is 9.96 Å². The average Bonchev–Trinajstić information content (AvgIpc) is 2.16. The summed E-state index contributed by atoms with van der Waals surface area (Å²) >= 11 is 0. The molecule has 0 aromatic heterocycles. The summed E-state index contributed by atoms with van der Waals surface area (Å²) in [5.41, 5.74) is 0. The Bertz CT molecular complexity index is 289. The molecule has 1 atom stereocenters. The summed E-state index contributed by atoms with van der Waals surface area (Å²) < 4.78 is 0. The zero-order chi connectivity index (χ0) is 11.5. The standard InChI is InChI=1S/C10H16N2O4/c13-9(14)8-4-7-12(8)10(15)16-11-5-2-1-3-6-11/h8H,1-7H2,(H,13,14). The van der Waals surface area contributed by atoms with Gasteiger partial charge in [-0.25, -0.2) is 9.59 Å². The highest BCUT2D eigenvalue weighted by Crippen LogP contribution is 2.20. The van der Waals surface area contributed by atoms with Gasteiger partial charge in [0, 0.05) is 19.6 Å². The predicted octanol–water partition coefficient (Wildman–Crippen LogP) is 0.683. The number of carboxylic acid groups (broad SMARTS) is 1. The van der Waals surface area contributed by atoms with E-state index in [2.05, 4.69) is 0 Å². The van der Waals surface area contributed by atoms with Crippen molar-refractivity contribution in [3.8, 4) is 0 Å². The predicted molar refractivity (Wildman–Crippen MR) is 54.7 cm³/mol. The van der Waals surface area contributed by atoms with Gasteiger partial charge in [-0.05, 0) is 19.3 Å². The van der Waals surface area contributed by atoms with Crippen LogP contribution in [0.1, 0.15) is 25.7 Å². The third kappa shape index (κ3) is 2.27. The van der Waals surface area contributed by atoms with Crippen LogP contribution in [0.3, 0.4) is 0 Å². The first kappa shape index (κ1) is 11.2. The average molecular weight is 228 g/mol. The number of likely N-dealkylation sites (tertiary alicyclic amines) is 1. The summed E-state index contributed by atoms with van der Waals surface area (Å²) in [6.07, 6.45) is 3.20. The lowest BCUT2D eigenvalue weighted by molar-refractivity contribution is -0.155. The quantitative estimate of drug-likeness (QED) is 0.752. The minimum atomic E-state index is -0.957. The Balaban J connectivity index is 1.81. The van der Waals surface area contributed by atoms with Crippen LogP contribution in [0.25, 0.3) is 0 Å². The molecule has 16 heavy (non-hydrogen) atoms. The number of amides is 1. The van der Waals surface area contributed by atoms with Crippen LogP contribution in [0.5, 0.6) is 0 Å². The van der Waals surface area contributed by atoms with Crippen molar-refractivity contribution in [3.63, 3.8) is 0 Å². The van der Waals surface area contributed by atoms with E-state index in [1.807, 2.05) is 0 Å². The van der Waals surface area contributed by atoms with Gasteiger partial charge in [0.05, 0.1) is 0 Å². The fourth-order valence-electron chi connectivity index (χ4n) is 1.98. The van der Waals surface area contributed by atoms with Gasteiger partial charge in [0.2, 0.25) is 0 Å². The second-order valence-corrected chi connectivity index (χ2v) is 4.18. The van der Waals surface area contributed by atoms with Crippen LogP contribution in [0.4, 0.5) is 4.79 Å². The molecule has 1 unspecified atom stereocenters. The number of hydroxylamine groups is 2. The molecule has 1 N–H and O–H groups in total. The third-order valence-electron chi connectivity index (χ3n) is 3.06. The first-order chi connectivity index (χ1) is 7.68. The molecule has 0 radical (unpaired) electrons. The number of piperidine rings is 1. The number of nitrogens with zero attached hydrogens (tertiary/aromatic N) is 2. The van der Waals surface area contributed by atoms with E-state index < -0.39 is 18.1 Å². The van der Waals surface area contributed by atoms with Gasteiger partial charge in [0.15, 0.2) is 0 Å². The molecule has 2 rings (SSSR count). The summed E-state index contributed by atoms with van der Waals surface area (Å²) in [6, 6.07) is -0.697. The summed E-state index contributed by atoms with van der Waals surface area (Å²) in [6.45, 7) is 1.97. The third-order valence-corrected chi connectivity index (χ3v) is 3.06. The molecule has 2 aliphatic heterocycles. The molecule has 2 heterocycles. The number of rotatable bonds is 2. The van der Waals surface area contributed by atoms with E-state index in [1.54, 1.807) is 5.06 Å². The fraction of sp³-hybridized carbons (Fsp3) is 0.800. The Morgan fingerprint density at radius 2 is 1.81 bits per heavy atom. The van der Waals surface area contributed by atoms with E-state index in [1.165, 1.54) is 4.90 Å². The maximum absolute atomic E-state index is 11.6. The highest BCUT2D eigenvalue weighted by Gasteiger charge is 2.39. The lowest BCUT2D eigenvalue weighted by atomic mass is 10.1. The van der Waals surface area contributed by atoms with E-state index in [-0.39, 0.29) is 0 Å². The Hall–Kier alpha value is -1.30. The maximum Gasteiger partial charge on any atom is 0.429 e. The highest BCUT2D eigenvalue weighted by atomic mass is 16.7. The van der Waals surface area contributed by atoms with Crippen LogP contribution in [0.2, 0.25) is 0 Å². The fourth-order valence-corrected chi connectivity index (χ4v) is 1.98. The van der Waals surface area contributed by atoms with Gasteiger partial charge < -0.3 is 9.94 Å². The van der Waals surface area contributed by atoms with Crippen molar-refractivity contribution in [2.75, 3.05) is 19.6 Å². The molecule has 6 heteroatoms. The summed E-state index contributed by atoms with van der Waals surface area (Å²) in [5, 5.41) is 10.4. The van der Waals surface area contributed by atoms with Crippen LogP contribution >= 0.6 is 0 Å². The second-order valence-electron chi connectivity index (χ2n) is 4.18. The first-order valence-electron chi connectivity index (χ1n) is 5.65. The Morgan fingerprint density at radius 1 is 1.12 bits per heavy atom. The minimum Gasteiger partial charge on any atom is -0.480 e. The van der Waals surface area contributed by atoms with E-state index in [0.717, 1.165) is 32.4 Å². The largest absolute Gasteiger partial charge is 0.480 e. The summed E-state index contributed by atoms with van der Waals surface area (Å²) in [7, 11) is 0. The van der Waals surface area contributed by atoms with Gasteiger partial charge in [0.1, 0.15) is 6.04 Å². The number of carboxylic acids is 1. The van der Waals surface area contributed by atoms with Crippen molar-refractivity contribution < 1.29 is 19.5 Å². The number of hydrogen-bond donors (Lipinski definition) is 1. The normalized spacial score (nSPS) is 26.0. The topological polar surface area (TPSA) is 70.1 Å². The number of carbonyl (C=O) groups excluding carboxylic acids is 1. The van der Waals surface area contributed by atoms with Gasteiger partial charge in [0.25, 0.3) is 0 Å². The van der Waals surface area contributed by atoms with Gasteiger partial charge in [-0.3, -0.25) is 4.90 Å². The highest BCUT2D eigenvalue weighted by molar-refractivity contribution is 5.81. The van der Waals surface area contributed by atoms with Gasteiger partial charge in [-0.1, -0.05) is 6.42 Å². The first-order valence-corrected chi connectivity index (χ1v) is 5.65. The van der Waals surface area contributed by atoms with E-state index >= 15 is 0 Å². The number of aliphatic carboxylic acids is 1. The van der Waals surface area contributed by atoms with Gasteiger partial charge in [-0.2, -0.15) is 0 Å². The minimum absolute atomic E-state index is 0.476. The SMILES string of the molecule is O=C(O)C1CCN1C(=O)ON1CCCCC1. The molecule has 1 amide bonds. The van der Waals surface area contributed by atoms with Crippen LogP contribution in [0, 0.1) is 0 Å². The monoisotopic (exact) mass is 228 g/mol. The summed E-state index contributed by atoms with van der Waals surface area (Å²) in [5.74, 6) is -0.957. The number of carbonyl (C=O) groups is 2. The van der Waals surface area contributed by atoms with Crippen LogP contribution in [0.15, 0.2) is 0 Å². The van der Waals surface area contributed by atoms with Crippen molar-refractivity contribution in [2.24, 2.45) is 0 Å². The van der Waals surface area contributed by atoms with E-state index in [9.17, 15) is 9.59 Å². The molecule has 0 spiro atoms. The molecule has 0 saturated carbocycles. The zero-order valence-corrected chi connectivity index (χ0v) is 9.09. The van der Waals surface area contributed by atoms with Gasteiger partial charge in [-0.15, -0.1) is 5.06 Å². The molecule has 2 aliphatic rings. The van der Waals surface area contributed by atoms with Crippen molar-refractivity contribution in [3.05, 3.63) is 0 Å². The smallest absolute Gasteiger partial charge is 0.429 e. The number of hydrogen-bond acceptors (Lipinski definition) is 4. The molecule has 0 aromatic carbocycles. The Morgan fingerprint density at radius 3 is 2.31 bits per heavy atom. The second kappa shape index (κ2) is 4.69. The molecule has 90 valence electrons. The van der Waals surface area contributed by atoms with Gasteiger partial charge >= 0.3 is 12.1 Å². The van der Waals surface area contributed by atoms with Crippen molar-refractivity contribution >= 4 is 12.1 Å². The zero-order valence-electron chi connectivity index (χ0n) is 9.09. The molecule has 0 aromatic rings. The molecular weight excluding hydrogens is 212 g/mol. The van der Waals surface area contributed by atoms with Crippen molar-refractivity contribution in [1.29, 1.82) is 0 Å². The van der Waals surface area contributed by atoms with E-state index in [0.29, 0.717) is 13.0 Å². The van der Waals surface area contributed by atoms with Crippen LogP contribution < -0.4 is 0 Å². The Labute approximate surface area is 93.7 Å².